The van der Waals surface area contributed by atoms with Gasteiger partial charge in [-0.3, -0.25) is 4.68 Å². The zero-order valence-electron chi connectivity index (χ0n) is 11.6. The molecule has 1 aromatic heterocycles. The minimum absolute atomic E-state index is 0.247. The van der Waals surface area contributed by atoms with Crippen LogP contribution >= 0.6 is 15.9 Å². The van der Waals surface area contributed by atoms with E-state index in [0.717, 1.165) is 37.2 Å². The lowest BCUT2D eigenvalue weighted by Crippen LogP contribution is -2.15. The molecule has 1 atom stereocenters. The molecule has 2 aromatic rings. The van der Waals surface area contributed by atoms with Crippen LogP contribution in [-0.4, -0.2) is 22.5 Å². The van der Waals surface area contributed by atoms with Crippen LogP contribution in [0.4, 0.5) is 10.1 Å². The van der Waals surface area contributed by atoms with Crippen LogP contribution in [0.3, 0.4) is 0 Å². The number of ether oxygens (including phenoxy) is 1. The standard InChI is InChI=1S/C15H17BrFN3O/c16-14-4-3-11(6-15(14)17)7-18-12-8-19-20(9-12)10-13-2-1-5-21-13/h3-4,6,8-9,13,18H,1-2,5,7,10H2. The van der Waals surface area contributed by atoms with Gasteiger partial charge in [-0.25, -0.2) is 4.39 Å². The van der Waals surface area contributed by atoms with Crippen LogP contribution in [0.1, 0.15) is 18.4 Å². The predicted octanol–water partition coefficient (Wildman–Crippen LogP) is 3.58. The summed E-state index contributed by atoms with van der Waals surface area (Å²) in [7, 11) is 0. The van der Waals surface area contributed by atoms with Crippen molar-refractivity contribution in [1.29, 1.82) is 0 Å². The second-order valence-electron chi connectivity index (χ2n) is 5.19. The molecule has 0 spiro atoms. The highest BCUT2D eigenvalue weighted by Gasteiger charge is 2.16. The highest BCUT2D eigenvalue weighted by atomic mass is 79.9. The number of rotatable bonds is 5. The molecule has 1 saturated heterocycles. The number of halogens is 2. The van der Waals surface area contributed by atoms with Gasteiger partial charge in [-0.2, -0.15) is 5.10 Å². The second-order valence-corrected chi connectivity index (χ2v) is 6.04. The molecule has 0 saturated carbocycles. The average Bonchev–Trinajstić information content (AvgIpc) is 3.13. The van der Waals surface area contributed by atoms with Crippen molar-refractivity contribution in [2.75, 3.05) is 11.9 Å². The molecule has 1 N–H and O–H groups in total. The normalized spacial score (nSPS) is 18.1. The molecule has 1 unspecified atom stereocenters. The van der Waals surface area contributed by atoms with Crippen molar-refractivity contribution >= 4 is 21.6 Å². The topological polar surface area (TPSA) is 39.1 Å². The Morgan fingerprint density at radius 3 is 3.14 bits per heavy atom. The van der Waals surface area contributed by atoms with Crippen molar-refractivity contribution in [3.05, 3.63) is 46.4 Å². The van der Waals surface area contributed by atoms with Crippen molar-refractivity contribution in [2.45, 2.75) is 32.0 Å². The van der Waals surface area contributed by atoms with E-state index in [2.05, 4.69) is 26.3 Å². The quantitative estimate of drug-likeness (QED) is 0.892. The third-order valence-electron chi connectivity index (χ3n) is 3.53. The smallest absolute Gasteiger partial charge is 0.137 e. The molecular weight excluding hydrogens is 337 g/mol. The molecule has 1 aliphatic rings. The summed E-state index contributed by atoms with van der Waals surface area (Å²) in [4.78, 5) is 0. The van der Waals surface area contributed by atoms with E-state index in [1.54, 1.807) is 12.3 Å². The fourth-order valence-electron chi connectivity index (χ4n) is 2.41. The van der Waals surface area contributed by atoms with E-state index in [1.807, 2.05) is 16.9 Å². The molecule has 1 aliphatic heterocycles. The van der Waals surface area contributed by atoms with E-state index >= 15 is 0 Å². The Morgan fingerprint density at radius 1 is 1.48 bits per heavy atom. The molecule has 2 heterocycles. The minimum Gasteiger partial charge on any atom is -0.378 e. The van der Waals surface area contributed by atoms with E-state index in [-0.39, 0.29) is 11.9 Å². The number of hydrogen-bond donors (Lipinski definition) is 1. The van der Waals surface area contributed by atoms with Crippen LogP contribution in [0, 0.1) is 5.82 Å². The molecule has 0 amide bonds. The van der Waals surface area contributed by atoms with Gasteiger partial charge < -0.3 is 10.1 Å². The first-order chi connectivity index (χ1) is 10.2. The van der Waals surface area contributed by atoms with Gasteiger partial charge in [0.2, 0.25) is 0 Å². The minimum atomic E-state index is -0.247. The fourth-order valence-corrected chi connectivity index (χ4v) is 2.65. The first-order valence-corrected chi connectivity index (χ1v) is 7.82. The molecule has 0 radical (unpaired) electrons. The lowest BCUT2D eigenvalue weighted by molar-refractivity contribution is 0.0940. The zero-order chi connectivity index (χ0) is 14.7. The monoisotopic (exact) mass is 353 g/mol. The van der Waals surface area contributed by atoms with Crippen molar-refractivity contribution in [3.63, 3.8) is 0 Å². The van der Waals surface area contributed by atoms with Crippen molar-refractivity contribution < 1.29 is 9.13 Å². The number of anilines is 1. The second kappa shape index (κ2) is 6.58. The van der Waals surface area contributed by atoms with E-state index in [4.69, 9.17) is 4.74 Å². The van der Waals surface area contributed by atoms with Gasteiger partial charge in [-0.15, -0.1) is 0 Å². The molecular formula is C15H17BrFN3O. The van der Waals surface area contributed by atoms with Gasteiger partial charge >= 0.3 is 0 Å². The van der Waals surface area contributed by atoms with Crippen LogP contribution < -0.4 is 5.32 Å². The van der Waals surface area contributed by atoms with Crippen molar-refractivity contribution in [2.24, 2.45) is 0 Å². The third-order valence-corrected chi connectivity index (χ3v) is 4.17. The Bertz CT molecular complexity index is 611. The van der Waals surface area contributed by atoms with E-state index < -0.39 is 0 Å². The first kappa shape index (κ1) is 14.5. The summed E-state index contributed by atoms with van der Waals surface area (Å²) in [6, 6.07) is 5.12. The maximum absolute atomic E-state index is 13.4. The lowest BCUT2D eigenvalue weighted by Gasteiger charge is -2.08. The van der Waals surface area contributed by atoms with Gasteiger partial charge in [-0.05, 0) is 46.5 Å². The molecule has 112 valence electrons. The molecule has 0 aliphatic carbocycles. The van der Waals surface area contributed by atoms with E-state index in [9.17, 15) is 4.39 Å². The highest BCUT2D eigenvalue weighted by Crippen LogP contribution is 2.18. The molecule has 1 fully saturated rings. The summed E-state index contributed by atoms with van der Waals surface area (Å²) in [6.07, 6.45) is 6.24. The third kappa shape index (κ3) is 3.83. The maximum atomic E-state index is 13.4. The molecule has 4 nitrogen and oxygen atoms in total. The first-order valence-electron chi connectivity index (χ1n) is 7.02. The van der Waals surface area contributed by atoms with Gasteiger partial charge in [0, 0.05) is 19.3 Å². The van der Waals surface area contributed by atoms with E-state index in [1.165, 1.54) is 6.07 Å². The van der Waals surface area contributed by atoms with Crippen LogP contribution in [0.15, 0.2) is 35.1 Å². The molecule has 21 heavy (non-hydrogen) atoms. The van der Waals surface area contributed by atoms with Gasteiger partial charge in [-0.1, -0.05) is 6.07 Å². The summed E-state index contributed by atoms with van der Waals surface area (Å²) >= 11 is 3.15. The Hall–Kier alpha value is -1.40. The number of nitrogens with zero attached hydrogens (tertiary/aromatic N) is 2. The summed E-state index contributed by atoms with van der Waals surface area (Å²) in [5.74, 6) is -0.247. The van der Waals surface area contributed by atoms with Gasteiger partial charge in [0.25, 0.3) is 0 Å². The average molecular weight is 354 g/mol. The van der Waals surface area contributed by atoms with Gasteiger partial charge in [0.15, 0.2) is 0 Å². The maximum Gasteiger partial charge on any atom is 0.137 e. The summed E-state index contributed by atoms with van der Waals surface area (Å²) in [6.45, 7) is 2.20. The SMILES string of the molecule is Fc1cc(CNc2cnn(CC3CCCO3)c2)ccc1Br. The van der Waals surface area contributed by atoms with Crippen LogP contribution in [-0.2, 0) is 17.8 Å². The van der Waals surface area contributed by atoms with Crippen molar-refractivity contribution in [3.8, 4) is 0 Å². The Morgan fingerprint density at radius 2 is 2.38 bits per heavy atom. The van der Waals surface area contributed by atoms with Gasteiger partial charge in [0.1, 0.15) is 5.82 Å². The van der Waals surface area contributed by atoms with Crippen molar-refractivity contribution in [1.82, 2.24) is 9.78 Å². The van der Waals surface area contributed by atoms with Crippen LogP contribution in [0.25, 0.3) is 0 Å². The van der Waals surface area contributed by atoms with Crippen LogP contribution in [0.5, 0.6) is 0 Å². The fraction of sp³-hybridized carbons (Fsp3) is 0.400. The molecule has 0 bridgehead atoms. The molecule has 3 rings (SSSR count). The number of benzene rings is 1. The van der Waals surface area contributed by atoms with E-state index in [0.29, 0.717) is 11.0 Å². The summed E-state index contributed by atoms with van der Waals surface area (Å²) in [5.41, 5.74) is 1.82. The zero-order valence-corrected chi connectivity index (χ0v) is 13.1. The number of aromatic nitrogens is 2. The number of hydrogen-bond acceptors (Lipinski definition) is 3. The Balaban J connectivity index is 1.55. The number of nitrogens with one attached hydrogen (secondary N) is 1. The lowest BCUT2D eigenvalue weighted by atomic mass is 10.2. The Kier molecular flexibility index (Phi) is 4.55. The Labute approximate surface area is 131 Å². The summed E-state index contributed by atoms with van der Waals surface area (Å²) in [5, 5.41) is 7.56. The largest absolute Gasteiger partial charge is 0.378 e. The summed E-state index contributed by atoms with van der Waals surface area (Å²) < 4.78 is 21.4. The predicted molar refractivity (Wildman–Crippen MR) is 82.6 cm³/mol. The highest BCUT2D eigenvalue weighted by molar-refractivity contribution is 9.10. The van der Waals surface area contributed by atoms with Crippen LogP contribution in [0.2, 0.25) is 0 Å². The molecule has 6 heteroatoms. The molecule has 1 aromatic carbocycles. The van der Waals surface area contributed by atoms with Gasteiger partial charge in [0.05, 0.1) is 29.0 Å².